The second-order valence-corrected chi connectivity index (χ2v) is 8.35. The van der Waals surface area contributed by atoms with E-state index in [9.17, 15) is 9.90 Å². The zero-order valence-corrected chi connectivity index (χ0v) is 17.8. The summed E-state index contributed by atoms with van der Waals surface area (Å²) >= 11 is 0. The van der Waals surface area contributed by atoms with Gasteiger partial charge in [-0.05, 0) is 36.8 Å². The Morgan fingerprint density at radius 3 is 2.79 bits per heavy atom. The van der Waals surface area contributed by atoms with Crippen molar-refractivity contribution < 1.29 is 14.6 Å². The van der Waals surface area contributed by atoms with Gasteiger partial charge in [-0.25, -0.2) is 0 Å². The first kappa shape index (κ1) is 22.2. The lowest BCUT2D eigenvalue weighted by molar-refractivity contribution is -0.122. The van der Waals surface area contributed by atoms with Crippen molar-refractivity contribution in [2.24, 2.45) is 0 Å². The normalized spacial score (nSPS) is 21.5. The summed E-state index contributed by atoms with van der Waals surface area (Å²) in [7, 11) is 0. The lowest BCUT2D eigenvalue weighted by Gasteiger charge is -2.35. The first-order chi connectivity index (χ1) is 14.2. The number of aliphatic hydroxyl groups is 1. The summed E-state index contributed by atoms with van der Waals surface area (Å²) in [4.78, 5) is 16.4. The molecule has 1 aliphatic carbocycles. The van der Waals surface area contributed by atoms with Gasteiger partial charge in [-0.1, -0.05) is 37.6 Å². The molecule has 162 valence electrons. The van der Waals surface area contributed by atoms with Crippen LogP contribution >= 0.6 is 0 Å². The van der Waals surface area contributed by atoms with E-state index in [1.165, 1.54) is 11.1 Å². The summed E-state index contributed by atoms with van der Waals surface area (Å²) in [6.45, 7) is 7.87. The average Bonchev–Trinajstić information content (AvgIpc) is 2.74. The molecule has 1 aromatic rings. The number of aliphatic hydroxyl groups excluding tert-OH is 1. The van der Waals surface area contributed by atoms with Crippen molar-refractivity contribution >= 4 is 5.91 Å². The van der Waals surface area contributed by atoms with Crippen LogP contribution in [0.3, 0.4) is 0 Å². The van der Waals surface area contributed by atoms with Crippen LogP contribution in [0.25, 0.3) is 0 Å². The van der Waals surface area contributed by atoms with E-state index in [1.807, 2.05) is 0 Å². The molecule has 1 aromatic carbocycles. The van der Waals surface area contributed by atoms with Crippen molar-refractivity contribution in [3.8, 4) is 0 Å². The molecule has 0 saturated carbocycles. The van der Waals surface area contributed by atoms with Crippen molar-refractivity contribution in [2.45, 2.75) is 51.2 Å². The maximum atomic E-state index is 11.9. The van der Waals surface area contributed by atoms with E-state index in [2.05, 4.69) is 46.3 Å². The Labute approximate surface area is 175 Å². The second-order valence-electron chi connectivity index (χ2n) is 8.35. The largest absolute Gasteiger partial charge is 0.389 e. The summed E-state index contributed by atoms with van der Waals surface area (Å²) in [5, 5.41) is 13.4. The Bertz CT molecular complexity index is 632. The number of unbranched alkanes of at least 4 members (excludes halogenated alkanes) is 1. The Kier molecular flexibility index (Phi) is 8.92. The minimum Gasteiger partial charge on any atom is -0.389 e. The molecule has 1 saturated heterocycles. The minimum atomic E-state index is -0.479. The number of fused-ring (bicyclic) bond motifs is 1. The first-order valence-electron chi connectivity index (χ1n) is 11.2. The van der Waals surface area contributed by atoms with Crippen LogP contribution in [-0.4, -0.2) is 79.3 Å². The quantitative estimate of drug-likeness (QED) is 0.585. The van der Waals surface area contributed by atoms with Gasteiger partial charge in [0.05, 0.1) is 25.4 Å². The number of nitrogens with zero attached hydrogens (tertiary/aromatic N) is 2. The van der Waals surface area contributed by atoms with Gasteiger partial charge in [0.2, 0.25) is 5.91 Å². The van der Waals surface area contributed by atoms with E-state index in [0.717, 1.165) is 64.8 Å². The number of amides is 1. The molecule has 0 bridgehead atoms. The standard InChI is InChI=1S/C23H37N3O3/c1-2-3-11-24-23(28)17-26-14-12-25(13-15-26)16-20(27)18-29-22-10-6-8-19-7-4-5-9-21(19)22/h4-5,7,9,20,22,27H,2-3,6,8,10-18H2,1H3,(H,24,28)/t20-,22-/m1/s1. The van der Waals surface area contributed by atoms with E-state index >= 15 is 0 Å². The summed E-state index contributed by atoms with van der Waals surface area (Å²) in [6, 6.07) is 8.50. The third kappa shape index (κ3) is 7.07. The zero-order valence-electron chi connectivity index (χ0n) is 17.8. The number of carbonyl (C=O) groups excluding carboxylic acids is 1. The van der Waals surface area contributed by atoms with Crippen molar-refractivity contribution in [2.75, 3.05) is 52.4 Å². The van der Waals surface area contributed by atoms with Gasteiger partial charge < -0.3 is 15.2 Å². The lowest BCUT2D eigenvalue weighted by atomic mass is 9.89. The second kappa shape index (κ2) is 11.6. The molecule has 2 aliphatic rings. The fourth-order valence-corrected chi connectivity index (χ4v) is 4.25. The third-order valence-electron chi connectivity index (χ3n) is 5.96. The van der Waals surface area contributed by atoms with E-state index in [0.29, 0.717) is 19.7 Å². The van der Waals surface area contributed by atoms with Gasteiger partial charge in [0.1, 0.15) is 0 Å². The van der Waals surface area contributed by atoms with E-state index in [1.54, 1.807) is 0 Å². The third-order valence-corrected chi connectivity index (χ3v) is 5.96. The van der Waals surface area contributed by atoms with Gasteiger partial charge in [-0.2, -0.15) is 0 Å². The van der Waals surface area contributed by atoms with E-state index in [-0.39, 0.29) is 12.0 Å². The monoisotopic (exact) mass is 403 g/mol. The van der Waals surface area contributed by atoms with E-state index in [4.69, 9.17) is 4.74 Å². The summed E-state index contributed by atoms with van der Waals surface area (Å²) in [5.74, 6) is 0.119. The molecule has 6 heteroatoms. The molecule has 0 aromatic heterocycles. The number of carbonyl (C=O) groups is 1. The molecule has 0 unspecified atom stereocenters. The number of nitrogens with one attached hydrogen (secondary N) is 1. The van der Waals surface area contributed by atoms with Crippen molar-refractivity contribution in [1.82, 2.24) is 15.1 Å². The highest BCUT2D eigenvalue weighted by Crippen LogP contribution is 2.32. The van der Waals surface area contributed by atoms with Gasteiger partial charge in [0, 0.05) is 39.3 Å². The molecule has 2 atom stereocenters. The summed E-state index contributed by atoms with van der Waals surface area (Å²) in [5.41, 5.74) is 2.67. The van der Waals surface area contributed by atoms with Gasteiger partial charge in [-0.15, -0.1) is 0 Å². The SMILES string of the molecule is CCCCNC(=O)CN1CCN(C[C@@H](O)CO[C@@H]2CCCc3ccccc32)CC1. The van der Waals surface area contributed by atoms with Crippen molar-refractivity contribution in [3.05, 3.63) is 35.4 Å². The minimum absolute atomic E-state index is 0.109. The van der Waals surface area contributed by atoms with Crippen LogP contribution in [0.4, 0.5) is 0 Å². The number of hydrogen-bond acceptors (Lipinski definition) is 5. The maximum Gasteiger partial charge on any atom is 0.234 e. The topological polar surface area (TPSA) is 65.0 Å². The molecule has 0 radical (unpaired) electrons. The summed E-state index contributed by atoms with van der Waals surface area (Å²) < 4.78 is 6.09. The predicted molar refractivity (Wildman–Crippen MR) is 115 cm³/mol. The van der Waals surface area contributed by atoms with Crippen LogP contribution in [-0.2, 0) is 16.0 Å². The highest BCUT2D eigenvalue weighted by Gasteiger charge is 2.23. The Morgan fingerprint density at radius 2 is 2.00 bits per heavy atom. The molecule has 1 heterocycles. The van der Waals surface area contributed by atoms with Gasteiger partial charge in [-0.3, -0.25) is 14.6 Å². The Hall–Kier alpha value is -1.47. The Balaban J connectivity index is 1.33. The van der Waals surface area contributed by atoms with Gasteiger partial charge >= 0.3 is 0 Å². The maximum absolute atomic E-state index is 11.9. The zero-order chi connectivity index (χ0) is 20.5. The number of ether oxygens (including phenoxy) is 1. The van der Waals surface area contributed by atoms with Crippen molar-refractivity contribution in [3.63, 3.8) is 0 Å². The number of rotatable bonds is 10. The smallest absolute Gasteiger partial charge is 0.234 e. The molecule has 0 spiro atoms. The number of aryl methyl sites for hydroxylation is 1. The fourth-order valence-electron chi connectivity index (χ4n) is 4.25. The van der Waals surface area contributed by atoms with Crippen LogP contribution in [0.2, 0.25) is 0 Å². The Morgan fingerprint density at radius 1 is 1.24 bits per heavy atom. The number of β-amino-alcohol motifs (C(OH)–C–C–N with tert-alkyl or cyclic N) is 1. The molecule has 2 N–H and O–H groups in total. The number of piperazine rings is 1. The van der Waals surface area contributed by atoms with Crippen LogP contribution in [0.5, 0.6) is 0 Å². The predicted octanol–water partition coefficient (Wildman–Crippen LogP) is 1.98. The molecular weight excluding hydrogens is 366 g/mol. The molecule has 3 rings (SSSR count). The first-order valence-corrected chi connectivity index (χ1v) is 11.2. The molecule has 1 aliphatic heterocycles. The van der Waals surface area contributed by atoms with E-state index < -0.39 is 6.10 Å². The van der Waals surface area contributed by atoms with Crippen LogP contribution < -0.4 is 5.32 Å². The van der Waals surface area contributed by atoms with Crippen molar-refractivity contribution in [1.29, 1.82) is 0 Å². The van der Waals surface area contributed by atoms with Crippen LogP contribution in [0, 0.1) is 0 Å². The van der Waals surface area contributed by atoms with Gasteiger partial charge in [0.15, 0.2) is 0 Å². The molecular formula is C23H37N3O3. The number of benzene rings is 1. The molecule has 1 fully saturated rings. The van der Waals surface area contributed by atoms with Gasteiger partial charge in [0.25, 0.3) is 0 Å². The fraction of sp³-hybridized carbons (Fsp3) is 0.696. The molecule has 29 heavy (non-hydrogen) atoms. The summed E-state index contributed by atoms with van der Waals surface area (Å²) in [6.07, 6.45) is 5.06. The van der Waals surface area contributed by atoms with Crippen LogP contribution in [0.1, 0.15) is 49.8 Å². The molecule has 1 amide bonds. The highest BCUT2D eigenvalue weighted by molar-refractivity contribution is 5.77. The van der Waals surface area contributed by atoms with Crippen LogP contribution in [0.15, 0.2) is 24.3 Å². The number of hydrogen-bond donors (Lipinski definition) is 2. The highest BCUT2D eigenvalue weighted by atomic mass is 16.5. The molecule has 6 nitrogen and oxygen atoms in total. The lowest BCUT2D eigenvalue weighted by Crippen LogP contribution is -2.51. The average molecular weight is 404 g/mol.